The van der Waals surface area contributed by atoms with Gasteiger partial charge < -0.3 is 10.4 Å². The molecule has 2 rings (SSSR count). The highest BCUT2D eigenvalue weighted by molar-refractivity contribution is 7.92. The lowest BCUT2D eigenvalue weighted by atomic mass is 10.1. The number of anilines is 1. The molecule has 0 unspecified atom stereocenters. The van der Waals surface area contributed by atoms with Crippen LogP contribution in [-0.2, 0) is 16.6 Å². The van der Waals surface area contributed by atoms with Crippen molar-refractivity contribution in [1.82, 2.24) is 5.32 Å². The average molecular weight is 362 g/mol. The van der Waals surface area contributed by atoms with Crippen LogP contribution in [0.15, 0.2) is 48.5 Å². The normalized spacial score (nSPS) is 11.0. The molecule has 0 radical (unpaired) electrons. The van der Waals surface area contributed by atoms with Crippen molar-refractivity contribution in [2.45, 2.75) is 6.54 Å². The van der Waals surface area contributed by atoms with Gasteiger partial charge in [0, 0.05) is 19.2 Å². The molecule has 0 bridgehead atoms. The zero-order valence-electron chi connectivity index (χ0n) is 13.8. The molecule has 0 fully saturated rings. The summed E-state index contributed by atoms with van der Waals surface area (Å²) in [5, 5.41) is 11.9. The van der Waals surface area contributed by atoms with Gasteiger partial charge in [-0.2, -0.15) is 0 Å². The molecule has 2 N–H and O–H groups in total. The second-order valence-electron chi connectivity index (χ2n) is 5.47. The number of nitrogens with zero attached hydrogens (tertiary/aromatic N) is 1. The maximum Gasteiger partial charge on any atom is 0.335 e. The van der Waals surface area contributed by atoms with E-state index in [4.69, 9.17) is 0 Å². The van der Waals surface area contributed by atoms with Crippen LogP contribution in [0.5, 0.6) is 0 Å². The van der Waals surface area contributed by atoms with Gasteiger partial charge >= 0.3 is 5.97 Å². The molecule has 7 nitrogen and oxygen atoms in total. The third-order valence-corrected chi connectivity index (χ3v) is 4.79. The summed E-state index contributed by atoms with van der Waals surface area (Å²) in [6.45, 7) is 0.272. The Bertz CT molecular complexity index is 895. The smallest absolute Gasteiger partial charge is 0.335 e. The summed E-state index contributed by atoms with van der Waals surface area (Å²) in [4.78, 5) is 23.6. The largest absolute Gasteiger partial charge is 0.478 e. The molecule has 2 aromatic rings. The molecular weight excluding hydrogens is 344 g/mol. The first-order valence-electron chi connectivity index (χ1n) is 7.33. The molecule has 0 aliphatic carbocycles. The Balaban J connectivity index is 2.31. The fourth-order valence-electron chi connectivity index (χ4n) is 2.12. The number of hydrogen-bond acceptors (Lipinski definition) is 4. The zero-order chi connectivity index (χ0) is 18.6. The number of rotatable bonds is 6. The third kappa shape index (κ3) is 4.80. The Morgan fingerprint density at radius 3 is 2.24 bits per heavy atom. The summed E-state index contributed by atoms with van der Waals surface area (Å²) in [6, 6.07) is 13.0. The summed E-state index contributed by atoms with van der Waals surface area (Å²) in [5.41, 5.74) is 0.894. The first kappa shape index (κ1) is 18.5. The van der Waals surface area contributed by atoms with E-state index in [0.29, 0.717) is 0 Å². The Kier molecular flexibility index (Phi) is 5.43. The van der Waals surface area contributed by atoms with E-state index in [1.165, 1.54) is 25.2 Å². The van der Waals surface area contributed by atoms with Crippen LogP contribution in [0.1, 0.15) is 26.3 Å². The Morgan fingerprint density at radius 1 is 1.08 bits per heavy atom. The highest BCUT2D eigenvalue weighted by atomic mass is 32.2. The van der Waals surface area contributed by atoms with Crippen LogP contribution < -0.4 is 9.62 Å². The second kappa shape index (κ2) is 7.35. The van der Waals surface area contributed by atoms with E-state index < -0.39 is 21.9 Å². The predicted molar refractivity (Wildman–Crippen MR) is 94.3 cm³/mol. The number of carboxylic acid groups (broad SMARTS) is 1. The number of carbonyl (C=O) groups is 2. The lowest BCUT2D eigenvalue weighted by Crippen LogP contribution is -2.27. The minimum atomic E-state index is -3.59. The molecule has 0 atom stereocenters. The molecule has 2 aromatic carbocycles. The van der Waals surface area contributed by atoms with Crippen molar-refractivity contribution in [3.63, 3.8) is 0 Å². The summed E-state index contributed by atoms with van der Waals surface area (Å²) in [7, 11) is -2.29. The number of carboxylic acids is 1. The maximum atomic E-state index is 12.3. The van der Waals surface area contributed by atoms with Crippen molar-refractivity contribution in [2.75, 3.05) is 17.6 Å². The topological polar surface area (TPSA) is 104 Å². The van der Waals surface area contributed by atoms with Gasteiger partial charge in [-0.1, -0.05) is 30.3 Å². The maximum absolute atomic E-state index is 12.3. The average Bonchev–Trinajstić information content (AvgIpc) is 2.58. The number of amides is 1. The second-order valence-corrected chi connectivity index (χ2v) is 7.49. The van der Waals surface area contributed by atoms with Gasteiger partial charge in [-0.15, -0.1) is 0 Å². The number of aromatic carboxylic acids is 1. The fraction of sp³-hybridized carbons (Fsp3) is 0.176. The third-order valence-electron chi connectivity index (χ3n) is 3.58. The van der Waals surface area contributed by atoms with Gasteiger partial charge in [-0.25, -0.2) is 13.2 Å². The number of nitrogens with one attached hydrogen (secondary N) is 1. The van der Waals surface area contributed by atoms with Crippen molar-refractivity contribution in [1.29, 1.82) is 0 Å². The molecule has 0 aliphatic heterocycles. The molecule has 0 aliphatic rings. The van der Waals surface area contributed by atoms with Crippen LogP contribution in [0.25, 0.3) is 0 Å². The SMILES string of the molecule is CN(c1cc(C(=O)O)cc(C(=O)NCc2ccccc2)c1)S(C)(=O)=O. The molecule has 8 heteroatoms. The summed E-state index contributed by atoms with van der Waals surface area (Å²) in [6.07, 6.45) is 0.996. The van der Waals surface area contributed by atoms with Crippen molar-refractivity contribution in [3.8, 4) is 0 Å². The minimum Gasteiger partial charge on any atom is -0.478 e. The van der Waals surface area contributed by atoms with Gasteiger partial charge in [-0.05, 0) is 23.8 Å². The molecule has 0 saturated carbocycles. The highest BCUT2D eigenvalue weighted by Gasteiger charge is 2.18. The number of hydrogen-bond donors (Lipinski definition) is 2. The van der Waals surface area contributed by atoms with Crippen LogP contribution in [0, 0.1) is 0 Å². The lowest BCUT2D eigenvalue weighted by molar-refractivity contribution is 0.0697. The minimum absolute atomic E-state index is 0.0707. The van der Waals surface area contributed by atoms with Crippen LogP contribution >= 0.6 is 0 Å². The summed E-state index contributed by atoms with van der Waals surface area (Å²) in [5.74, 6) is -1.74. The van der Waals surface area contributed by atoms with E-state index in [0.717, 1.165) is 16.1 Å². The summed E-state index contributed by atoms with van der Waals surface area (Å²) < 4.78 is 24.3. The van der Waals surface area contributed by atoms with Crippen LogP contribution in [0.3, 0.4) is 0 Å². The molecule has 1 amide bonds. The Labute approximate surface area is 146 Å². The van der Waals surface area contributed by atoms with E-state index >= 15 is 0 Å². The number of benzene rings is 2. The van der Waals surface area contributed by atoms with Gasteiger partial charge in [0.15, 0.2) is 0 Å². The first-order chi connectivity index (χ1) is 11.7. The molecule has 0 aromatic heterocycles. The van der Waals surface area contributed by atoms with Gasteiger partial charge in [0.1, 0.15) is 0 Å². The van der Waals surface area contributed by atoms with E-state index in [1.807, 2.05) is 30.3 Å². The standard InChI is InChI=1S/C17H18N2O5S/c1-19(25(2,23)24)15-9-13(8-14(10-15)17(21)22)16(20)18-11-12-6-4-3-5-7-12/h3-10H,11H2,1-2H3,(H,18,20)(H,21,22). The molecule has 0 spiro atoms. The first-order valence-corrected chi connectivity index (χ1v) is 9.17. The zero-order valence-corrected chi connectivity index (χ0v) is 14.6. The van der Waals surface area contributed by atoms with Crippen LogP contribution in [0.4, 0.5) is 5.69 Å². The van der Waals surface area contributed by atoms with E-state index in [2.05, 4.69) is 5.32 Å². The predicted octanol–water partition coefficient (Wildman–Crippen LogP) is 1.71. The van der Waals surface area contributed by atoms with Crippen molar-refractivity contribution in [2.24, 2.45) is 0 Å². The van der Waals surface area contributed by atoms with Crippen LogP contribution in [0.2, 0.25) is 0 Å². The van der Waals surface area contributed by atoms with E-state index in [9.17, 15) is 23.1 Å². The van der Waals surface area contributed by atoms with Gasteiger partial charge in [-0.3, -0.25) is 9.10 Å². The van der Waals surface area contributed by atoms with E-state index in [-0.39, 0.29) is 23.4 Å². The highest BCUT2D eigenvalue weighted by Crippen LogP contribution is 2.21. The lowest BCUT2D eigenvalue weighted by Gasteiger charge is -2.18. The molecule has 25 heavy (non-hydrogen) atoms. The van der Waals surface area contributed by atoms with Crippen LogP contribution in [-0.4, -0.2) is 38.7 Å². The monoisotopic (exact) mass is 362 g/mol. The molecule has 0 saturated heterocycles. The molecule has 0 heterocycles. The number of sulfonamides is 1. The van der Waals surface area contributed by atoms with E-state index in [1.54, 1.807) is 0 Å². The van der Waals surface area contributed by atoms with Gasteiger partial charge in [0.2, 0.25) is 10.0 Å². The molecule has 132 valence electrons. The quantitative estimate of drug-likeness (QED) is 0.814. The molecular formula is C17H18N2O5S. The van der Waals surface area contributed by atoms with Gasteiger partial charge in [0.05, 0.1) is 17.5 Å². The number of carbonyl (C=O) groups excluding carboxylic acids is 1. The van der Waals surface area contributed by atoms with Crippen molar-refractivity contribution < 1.29 is 23.1 Å². The van der Waals surface area contributed by atoms with Crippen molar-refractivity contribution >= 4 is 27.6 Å². The fourth-order valence-corrected chi connectivity index (χ4v) is 2.61. The van der Waals surface area contributed by atoms with Crippen molar-refractivity contribution in [3.05, 3.63) is 65.2 Å². The Hall–Kier alpha value is -2.87. The summed E-state index contributed by atoms with van der Waals surface area (Å²) >= 11 is 0. The Morgan fingerprint density at radius 2 is 1.68 bits per heavy atom. The van der Waals surface area contributed by atoms with Gasteiger partial charge in [0.25, 0.3) is 5.91 Å².